The largest absolute Gasteiger partial charge is 0.496 e. The van der Waals surface area contributed by atoms with E-state index in [1.807, 2.05) is 6.92 Å². The number of ether oxygens (including phenoxy) is 1. The van der Waals surface area contributed by atoms with Crippen LogP contribution in [-0.2, 0) is 6.42 Å². The fourth-order valence-corrected chi connectivity index (χ4v) is 2.93. The van der Waals surface area contributed by atoms with Crippen LogP contribution in [0.15, 0.2) is 6.07 Å². The van der Waals surface area contributed by atoms with Crippen LogP contribution < -0.4 is 4.74 Å². The smallest absolute Gasteiger partial charge is 0.166 e. The fraction of sp³-hybridized carbons (Fsp3) is 0.562. The summed E-state index contributed by atoms with van der Waals surface area (Å²) in [5, 5.41) is 0. The predicted molar refractivity (Wildman–Crippen MR) is 73.6 cm³/mol. The summed E-state index contributed by atoms with van der Waals surface area (Å²) in [4.78, 5) is 12.5. The van der Waals surface area contributed by atoms with E-state index >= 15 is 0 Å². The van der Waals surface area contributed by atoms with Gasteiger partial charge >= 0.3 is 0 Å². The number of methoxy groups -OCH3 is 1. The first kappa shape index (κ1) is 13.1. The second-order valence-electron chi connectivity index (χ2n) is 5.62. The lowest BCUT2D eigenvalue weighted by molar-refractivity contribution is 0.0911. The average Bonchev–Trinajstić information content (AvgIpc) is 2.33. The van der Waals surface area contributed by atoms with Crippen molar-refractivity contribution in [2.24, 2.45) is 5.92 Å². The number of rotatable bonds is 2. The van der Waals surface area contributed by atoms with E-state index in [-0.39, 0.29) is 5.92 Å². The quantitative estimate of drug-likeness (QED) is 0.791. The molecule has 2 rings (SSSR count). The van der Waals surface area contributed by atoms with Crippen molar-refractivity contribution in [1.82, 2.24) is 0 Å². The Morgan fingerprint density at radius 3 is 2.61 bits per heavy atom. The SMILES string of the molecule is COc1cc(C)c2c(c1C(C)C)C(=O)C(C)CC2. The molecule has 0 saturated heterocycles. The minimum Gasteiger partial charge on any atom is -0.496 e. The topological polar surface area (TPSA) is 26.3 Å². The molecule has 0 saturated carbocycles. The van der Waals surface area contributed by atoms with Gasteiger partial charge < -0.3 is 4.74 Å². The van der Waals surface area contributed by atoms with Gasteiger partial charge in [-0.1, -0.05) is 20.8 Å². The van der Waals surface area contributed by atoms with Crippen molar-refractivity contribution in [3.05, 3.63) is 28.3 Å². The summed E-state index contributed by atoms with van der Waals surface area (Å²) in [5.41, 5.74) is 4.46. The molecule has 2 nitrogen and oxygen atoms in total. The van der Waals surface area contributed by atoms with Crippen LogP contribution in [0, 0.1) is 12.8 Å². The number of Topliss-reactive ketones (excluding diaryl/α,β-unsaturated/α-hetero) is 1. The van der Waals surface area contributed by atoms with E-state index in [1.54, 1.807) is 7.11 Å². The van der Waals surface area contributed by atoms with E-state index in [2.05, 4.69) is 26.8 Å². The lowest BCUT2D eigenvalue weighted by atomic mass is 9.77. The summed E-state index contributed by atoms with van der Waals surface area (Å²) in [7, 11) is 1.68. The third-order valence-corrected chi connectivity index (χ3v) is 3.98. The normalized spacial score (nSPS) is 19.0. The summed E-state index contributed by atoms with van der Waals surface area (Å²) in [6.45, 7) is 8.36. The molecule has 1 aromatic rings. The molecule has 0 fully saturated rings. The van der Waals surface area contributed by atoms with Crippen molar-refractivity contribution < 1.29 is 9.53 Å². The number of fused-ring (bicyclic) bond motifs is 1. The Bertz CT molecular complexity index is 486. The standard InChI is InChI=1S/C16H22O2/c1-9(2)14-13(18-5)8-11(4)12-7-6-10(3)16(17)15(12)14/h8-10H,6-7H2,1-5H3. The molecule has 98 valence electrons. The van der Waals surface area contributed by atoms with Crippen molar-refractivity contribution in [3.8, 4) is 5.75 Å². The van der Waals surface area contributed by atoms with E-state index in [0.29, 0.717) is 11.7 Å². The Morgan fingerprint density at radius 2 is 2.06 bits per heavy atom. The number of ketones is 1. The van der Waals surface area contributed by atoms with E-state index in [1.165, 1.54) is 11.1 Å². The van der Waals surface area contributed by atoms with Crippen LogP contribution in [-0.4, -0.2) is 12.9 Å². The molecule has 0 radical (unpaired) electrons. The molecule has 1 aliphatic carbocycles. The maximum Gasteiger partial charge on any atom is 0.166 e. The molecular formula is C16H22O2. The van der Waals surface area contributed by atoms with Gasteiger partial charge in [0.25, 0.3) is 0 Å². The lowest BCUT2D eigenvalue weighted by Crippen LogP contribution is -2.23. The molecule has 1 aliphatic rings. The van der Waals surface area contributed by atoms with E-state index < -0.39 is 0 Å². The number of carbonyl (C=O) groups excluding carboxylic acids is 1. The Kier molecular flexibility index (Phi) is 3.47. The Labute approximate surface area is 109 Å². The number of hydrogen-bond donors (Lipinski definition) is 0. The van der Waals surface area contributed by atoms with Crippen LogP contribution in [0.25, 0.3) is 0 Å². The fourth-order valence-electron chi connectivity index (χ4n) is 2.93. The van der Waals surface area contributed by atoms with Crippen LogP contribution >= 0.6 is 0 Å². The Balaban J connectivity index is 2.75. The minimum atomic E-state index is 0.140. The molecule has 0 aliphatic heterocycles. The van der Waals surface area contributed by atoms with Gasteiger partial charge in [-0.3, -0.25) is 4.79 Å². The van der Waals surface area contributed by atoms with Crippen molar-refractivity contribution >= 4 is 5.78 Å². The zero-order valence-electron chi connectivity index (χ0n) is 12.0. The minimum absolute atomic E-state index is 0.140. The van der Waals surface area contributed by atoms with Gasteiger partial charge in [-0.15, -0.1) is 0 Å². The van der Waals surface area contributed by atoms with Crippen LogP contribution in [0.2, 0.25) is 0 Å². The highest BCUT2D eigenvalue weighted by atomic mass is 16.5. The molecule has 0 heterocycles. The van der Waals surface area contributed by atoms with Crippen LogP contribution in [0.5, 0.6) is 5.75 Å². The third-order valence-electron chi connectivity index (χ3n) is 3.98. The van der Waals surface area contributed by atoms with Crippen molar-refractivity contribution in [2.75, 3.05) is 7.11 Å². The number of hydrogen-bond acceptors (Lipinski definition) is 2. The number of benzene rings is 1. The molecule has 0 spiro atoms. The molecule has 1 unspecified atom stereocenters. The zero-order valence-corrected chi connectivity index (χ0v) is 12.0. The van der Waals surface area contributed by atoms with Crippen molar-refractivity contribution in [1.29, 1.82) is 0 Å². The summed E-state index contributed by atoms with van der Waals surface area (Å²) >= 11 is 0. The summed E-state index contributed by atoms with van der Waals surface area (Å²) < 4.78 is 5.48. The molecule has 1 aromatic carbocycles. The summed E-state index contributed by atoms with van der Waals surface area (Å²) in [5.74, 6) is 1.61. The monoisotopic (exact) mass is 246 g/mol. The highest BCUT2D eigenvalue weighted by Crippen LogP contribution is 2.39. The maximum absolute atomic E-state index is 12.5. The van der Waals surface area contributed by atoms with Crippen LogP contribution in [0.3, 0.4) is 0 Å². The van der Waals surface area contributed by atoms with E-state index in [9.17, 15) is 4.79 Å². The van der Waals surface area contributed by atoms with Gasteiger partial charge in [0.2, 0.25) is 0 Å². The highest BCUT2D eigenvalue weighted by molar-refractivity contribution is 6.02. The first-order valence-electron chi connectivity index (χ1n) is 6.72. The number of aryl methyl sites for hydroxylation is 1. The second kappa shape index (κ2) is 4.75. The van der Waals surface area contributed by atoms with E-state index in [4.69, 9.17) is 4.74 Å². The maximum atomic E-state index is 12.5. The van der Waals surface area contributed by atoms with Gasteiger partial charge in [-0.2, -0.15) is 0 Å². The highest BCUT2D eigenvalue weighted by Gasteiger charge is 2.30. The molecule has 0 aromatic heterocycles. The predicted octanol–water partition coefficient (Wildman–Crippen LogP) is 3.89. The molecular weight excluding hydrogens is 224 g/mol. The van der Waals surface area contributed by atoms with Gasteiger partial charge in [0, 0.05) is 17.0 Å². The van der Waals surface area contributed by atoms with Crippen LogP contribution in [0.1, 0.15) is 60.2 Å². The van der Waals surface area contributed by atoms with Crippen molar-refractivity contribution in [3.63, 3.8) is 0 Å². The van der Waals surface area contributed by atoms with Gasteiger partial charge in [0.15, 0.2) is 5.78 Å². The lowest BCUT2D eigenvalue weighted by Gasteiger charge is -2.27. The molecule has 2 heteroatoms. The molecule has 0 N–H and O–H groups in total. The first-order valence-corrected chi connectivity index (χ1v) is 6.72. The Morgan fingerprint density at radius 1 is 1.39 bits per heavy atom. The first-order chi connectivity index (χ1) is 8.47. The van der Waals surface area contributed by atoms with Gasteiger partial charge in [-0.25, -0.2) is 0 Å². The summed E-state index contributed by atoms with van der Waals surface area (Å²) in [6, 6.07) is 2.08. The van der Waals surface area contributed by atoms with E-state index in [0.717, 1.165) is 29.7 Å². The molecule has 0 amide bonds. The zero-order chi connectivity index (χ0) is 13.4. The number of carbonyl (C=O) groups is 1. The van der Waals surface area contributed by atoms with Gasteiger partial charge in [-0.05, 0) is 42.9 Å². The van der Waals surface area contributed by atoms with Gasteiger partial charge in [0.1, 0.15) is 5.75 Å². The molecule has 18 heavy (non-hydrogen) atoms. The van der Waals surface area contributed by atoms with Crippen molar-refractivity contribution in [2.45, 2.75) is 46.5 Å². The summed E-state index contributed by atoms with van der Waals surface area (Å²) in [6.07, 6.45) is 1.98. The molecule has 0 bridgehead atoms. The molecule has 1 atom stereocenters. The Hall–Kier alpha value is -1.31. The average molecular weight is 246 g/mol. The van der Waals surface area contributed by atoms with Crippen LogP contribution in [0.4, 0.5) is 0 Å². The third kappa shape index (κ3) is 1.94. The second-order valence-corrected chi connectivity index (χ2v) is 5.62. The van der Waals surface area contributed by atoms with Gasteiger partial charge in [0.05, 0.1) is 7.11 Å².